The number of nitrogens with one attached hydrogen (secondary N) is 1. The third kappa shape index (κ3) is 1.60. The summed E-state index contributed by atoms with van der Waals surface area (Å²) < 4.78 is 0. The lowest BCUT2D eigenvalue weighted by Gasteiger charge is -2.28. The number of H-pyrrole nitrogens is 1. The van der Waals surface area contributed by atoms with E-state index in [4.69, 9.17) is 0 Å². The van der Waals surface area contributed by atoms with E-state index < -0.39 is 0 Å². The molecule has 1 amide bonds. The third-order valence-corrected chi connectivity index (χ3v) is 3.03. The van der Waals surface area contributed by atoms with Crippen LogP contribution in [0.1, 0.15) is 27.3 Å². The van der Waals surface area contributed by atoms with E-state index in [9.17, 15) is 9.59 Å². The molecular weight excluding hydrogens is 230 g/mol. The lowest BCUT2D eigenvalue weighted by Crippen LogP contribution is -2.37. The van der Waals surface area contributed by atoms with E-state index >= 15 is 0 Å². The second-order valence-electron chi connectivity index (χ2n) is 4.12. The fourth-order valence-electron chi connectivity index (χ4n) is 2.14. The first-order valence-corrected chi connectivity index (χ1v) is 5.71. The summed E-state index contributed by atoms with van der Waals surface area (Å²) in [7, 11) is 0. The molecule has 2 aromatic rings. The highest BCUT2D eigenvalue weighted by atomic mass is 16.2. The van der Waals surface area contributed by atoms with E-state index in [0.29, 0.717) is 29.9 Å². The average Bonchev–Trinajstić information content (AvgIpc) is 2.93. The quantitative estimate of drug-likeness (QED) is 0.825. The van der Waals surface area contributed by atoms with Gasteiger partial charge in [-0.15, -0.1) is 0 Å². The molecule has 0 aliphatic carbocycles. The van der Waals surface area contributed by atoms with Gasteiger partial charge in [0.2, 0.25) is 0 Å². The minimum Gasteiger partial charge on any atom is -0.306 e. The Kier molecular flexibility index (Phi) is 2.44. The maximum Gasteiger partial charge on any atom is 0.276 e. The van der Waals surface area contributed by atoms with Gasteiger partial charge in [0.25, 0.3) is 5.91 Å². The van der Waals surface area contributed by atoms with Crippen LogP contribution >= 0.6 is 0 Å². The Bertz CT molecular complexity index is 604. The number of aromatic nitrogens is 2. The molecule has 0 spiro atoms. The molecule has 5 heteroatoms. The van der Waals surface area contributed by atoms with E-state index in [-0.39, 0.29) is 11.7 Å². The van der Waals surface area contributed by atoms with E-state index in [1.807, 2.05) is 6.07 Å². The van der Waals surface area contributed by atoms with Crippen molar-refractivity contribution in [2.24, 2.45) is 0 Å². The lowest BCUT2D eigenvalue weighted by molar-refractivity contribution is 0.0952. The second-order valence-corrected chi connectivity index (χ2v) is 4.12. The molecule has 0 saturated heterocycles. The highest BCUT2D eigenvalue weighted by Gasteiger charge is 2.27. The molecule has 0 saturated carbocycles. The summed E-state index contributed by atoms with van der Waals surface area (Å²) in [6.07, 6.45) is 1.89. The molecule has 0 fully saturated rings. The second kappa shape index (κ2) is 4.10. The van der Waals surface area contributed by atoms with Gasteiger partial charge in [0, 0.05) is 24.7 Å². The summed E-state index contributed by atoms with van der Waals surface area (Å²) in [5, 5.41) is 6.42. The van der Waals surface area contributed by atoms with E-state index in [1.165, 1.54) is 6.20 Å². The van der Waals surface area contributed by atoms with Crippen LogP contribution in [0.2, 0.25) is 0 Å². The number of hydrogen-bond acceptors (Lipinski definition) is 3. The highest BCUT2D eigenvalue weighted by Crippen LogP contribution is 2.27. The van der Waals surface area contributed by atoms with Crippen molar-refractivity contribution < 1.29 is 9.59 Å². The van der Waals surface area contributed by atoms with Gasteiger partial charge in [0.1, 0.15) is 5.69 Å². The molecule has 3 rings (SSSR count). The smallest absolute Gasteiger partial charge is 0.276 e. The number of anilines is 1. The van der Waals surface area contributed by atoms with E-state index in [1.54, 1.807) is 29.2 Å². The molecule has 1 aliphatic heterocycles. The van der Waals surface area contributed by atoms with Crippen LogP contribution in [-0.2, 0) is 0 Å². The number of nitrogens with zero attached hydrogens (tertiary/aromatic N) is 2. The van der Waals surface area contributed by atoms with E-state index in [0.717, 1.165) is 0 Å². The Hall–Kier alpha value is -2.43. The normalized spacial score (nSPS) is 14.4. The first-order chi connectivity index (χ1) is 8.77. The van der Waals surface area contributed by atoms with Crippen molar-refractivity contribution in [1.29, 1.82) is 0 Å². The molecule has 0 unspecified atom stereocenters. The van der Waals surface area contributed by atoms with Crippen LogP contribution in [-0.4, -0.2) is 28.4 Å². The summed E-state index contributed by atoms with van der Waals surface area (Å²) in [4.78, 5) is 25.7. The van der Waals surface area contributed by atoms with Crippen LogP contribution < -0.4 is 4.90 Å². The van der Waals surface area contributed by atoms with Gasteiger partial charge in [-0.05, 0) is 18.2 Å². The van der Waals surface area contributed by atoms with Crippen LogP contribution in [0, 0.1) is 0 Å². The van der Waals surface area contributed by atoms with Crippen LogP contribution in [0.3, 0.4) is 0 Å². The largest absolute Gasteiger partial charge is 0.306 e. The third-order valence-electron chi connectivity index (χ3n) is 3.03. The van der Waals surface area contributed by atoms with Crippen molar-refractivity contribution in [3.63, 3.8) is 0 Å². The zero-order chi connectivity index (χ0) is 12.5. The Morgan fingerprint density at radius 2 is 2.11 bits per heavy atom. The number of hydrogen-bond donors (Lipinski definition) is 1. The number of Topliss-reactive ketones (excluding diaryl/α,β-unsaturated/α-hetero) is 1. The molecule has 0 radical (unpaired) electrons. The number of carbonyl (C=O) groups excluding carboxylic acids is 2. The monoisotopic (exact) mass is 241 g/mol. The van der Waals surface area contributed by atoms with Crippen LogP contribution in [0.4, 0.5) is 5.69 Å². The summed E-state index contributed by atoms with van der Waals surface area (Å²) in [6.45, 7) is 0.410. The molecule has 90 valence electrons. The van der Waals surface area contributed by atoms with Crippen molar-refractivity contribution in [3.8, 4) is 0 Å². The Morgan fingerprint density at radius 3 is 2.89 bits per heavy atom. The standard InChI is InChI=1S/C13H11N3O2/c17-12-6-8-16(11-4-2-1-3-9(11)12)13(18)10-5-7-14-15-10/h1-5,7H,6,8H2,(H,14,15). The van der Waals surface area contributed by atoms with Crippen LogP contribution in [0.15, 0.2) is 36.5 Å². The van der Waals surface area contributed by atoms with Crippen molar-refractivity contribution in [3.05, 3.63) is 47.8 Å². The SMILES string of the molecule is O=C1CCN(C(=O)c2ccn[nH]2)c2ccccc21. The van der Waals surface area contributed by atoms with Crippen molar-refractivity contribution in [2.75, 3.05) is 11.4 Å². The van der Waals surface area contributed by atoms with Gasteiger partial charge < -0.3 is 4.90 Å². The lowest BCUT2D eigenvalue weighted by atomic mass is 10.00. The number of fused-ring (bicyclic) bond motifs is 1. The predicted molar refractivity (Wildman–Crippen MR) is 65.7 cm³/mol. The number of carbonyl (C=O) groups is 2. The molecule has 1 aliphatic rings. The predicted octanol–water partition coefficient (Wildman–Crippen LogP) is 1.64. The minimum atomic E-state index is -0.160. The molecule has 18 heavy (non-hydrogen) atoms. The molecule has 1 aromatic heterocycles. The summed E-state index contributed by atoms with van der Waals surface area (Å²) in [5.41, 5.74) is 1.71. The fourth-order valence-corrected chi connectivity index (χ4v) is 2.14. The summed E-state index contributed by atoms with van der Waals surface area (Å²) >= 11 is 0. The fraction of sp³-hybridized carbons (Fsp3) is 0.154. The number of para-hydroxylation sites is 1. The summed E-state index contributed by atoms with van der Waals surface area (Å²) in [5.74, 6) is -0.0771. The Labute approximate surface area is 103 Å². The van der Waals surface area contributed by atoms with Gasteiger partial charge in [-0.2, -0.15) is 5.10 Å². The van der Waals surface area contributed by atoms with Gasteiger partial charge in [-0.25, -0.2) is 0 Å². The van der Waals surface area contributed by atoms with Crippen molar-refractivity contribution >= 4 is 17.4 Å². The Balaban J connectivity index is 2.03. The van der Waals surface area contributed by atoms with Gasteiger partial charge >= 0.3 is 0 Å². The van der Waals surface area contributed by atoms with Gasteiger partial charge in [0.15, 0.2) is 5.78 Å². The first kappa shape index (κ1) is 10.7. The maximum atomic E-state index is 12.3. The zero-order valence-corrected chi connectivity index (χ0v) is 9.59. The van der Waals surface area contributed by atoms with Gasteiger partial charge in [-0.1, -0.05) is 12.1 Å². The topological polar surface area (TPSA) is 66.1 Å². The van der Waals surface area contributed by atoms with Crippen molar-refractivity contribution in [1.82, 2.24) is 10.2 Å². The van der Waals surface area contributed by atoms with Gasteiger partial charge in [0.05, 0.1) is 5.69 Å². The molecule has 0 bridgehead atoms. The number of aromatic amines is 1. The van der Waals surface area contributed by atoms with Gasteiger partial charge in [-0.3, -0.25) is 14.7 Å². The number of rotatable bonds is 1. The molecule has 1 N–H and O–H groups in total. The summed E-state index contributed by atoms with van der Waals surface area (Å²) in [6, 6.07) is 8.80. The molecule has 0 atom stereocenters. The first-order valence-electron chi connectivity index (χ1n) is 5.71. The van der Waals surface area contributed by atoms with Crippen LogP contribution in [0.25, 0.3) is 0 Å². The van der Waals surface area contributed by atoms with Crippen molar-refractivity contribution in [2.45, 2.75) is 6.42 Å². The average molecular weight is 241 g/mol. The minimum absolute atomic E-state index is 0.0826. The van der Waals surface area contributed by atoms with Crippen LogP contribution in [0.5, 0.6) is 0 Å². The molecule has 2 heterocycles. The molecule has 1 aromatic carbocycles. The number of ketones is 1. The maximum absolute atomic E-state index is 12.3. The number of benzene rings is 1. The van der Waals surface area contributed by atoms with E-state index in [2.05, 4.69) is 10.2 Å². The number of amides is 1. The molecular formula is C13H11N3O2. The molecule has 5 nitrogen and oxygen atoms in total. The highest BCUT2D eigenvalue weighted by molar-refractivity contribution is 6.12. The zero-order valence-electron chi connectivity index (χ0n) is 9.59. The Morgan fingerprint density at radius 1 is 1.28 bits per heavy atom.